The van der Waals surface area contributed by atoms with Gasteiger partial charge in [-0.3, -0.25) is 9.69 Å². The quantitative estimate of drug-likeness (QED) is 0.914. The second kappa shape index (κ2) is 6.80. The lowest BCUT2D eigenvalue weighted by Gasteiger charge is -2.32. The molecule has 1 amide bonds. The van der Waals surface area contributed by atoms with Crippen molar-refractivity contribution in [2.45, 2.75) is 39.2 Å². The molecule has 1 aromatic carbocycles. The molecule has 2 N–H and O–H groups in total. The van der Waals surface area contributed by atoms with Crippen molar-refractivity contribution in [3.8, 4) is 0 Å². The number of hydrogen-bond donors (Lipinski definition) is 1. The first-order valence-electron chi connectivity index (χ1n) is 8.11. The monoisotopic (exact) mass is 316 g/mol. The Balaban J connectivity index is 1.69. The molecule has 118 valence electrons. The van der Waals surface area contributed by atoms with Gasteiger partial charge in [-0.25, -0.2) is 0 Å². The number of fused-ring (bicyclic) bond motifs is 1. The second-order valence-corrected chi connectivity index (χ2v) is 7.64. The minimum atomic E-state index is -0.170. The van der Waals surface area contributed by atoms with Crippen molar-refractivity contribution >= 4 is 27.3 Å². The van der Waals surface area contributed by atoms with Crippen molar-refractivity contribution in [1.29, 1.82) is 0 Å². The SMILES string of the molecule is Cc1sc2ccccc2c1CN1CCC[C@@H](CCC(N)=O)C1. The Hall–Kier alpha value is -1.39. The van der Waals surface area contributed by atoms with Gasteiger partial charge in [0, 0.05) is 29.1 Å². The summed E-state index contributed by atoms with van der Waals surface area (Å²) in [4.78, 5) is 15.0. The third kappa shape index (κ3) is 3.50. The van der Waals surface area contributed by atoms with Crippen LogP contribution in [0.5, 0.6) is 0 Å². The molecule has 1 fully saturated rings. The Morgan fingerprint density at radius 3 is 3.05 bits per heavy atom. The normalized spacial score (nSPS) is 19.6. The van der Waals surface area contributed by atoms with Crippen LogP contribution >= 0.6 is 11.3 Å². The van der Waals surface area contributed by atoms with Crippen LogP contribution in [-0.2, 0) is 11.3 Å². The summed E-state index contributed by atoms with van der Waals surface area (Å²) in [7, 11) is 0. The number of nitrogens with zero attached hydrogens (tertiary/aromatic N) is 1. The van der Waals surface area contributed by atoms with Gasteiger partial charge >= 0.3 is 0 Å². The molecule has 1 aromatic heterocycles. The molecular formula is C18H24N2OS. The highest BCUT2D eigenvalue weighted by Gasteiger charge is 2.21. The highest BCUT2D eigenvalue weighted by atomic mass is 32.1. The first kappa shape index (κ1) is 15.5. The van der Waals surface area contributed by atoms with Crippen LogP contribution < -0.4 is 5.73 Å². The molecular weight excluding hydrogens is 292 g/mol. The molecule has 0 saturated carbocycles. The molecule has 1 aliphatic heterocycles. The zero-order chi connectivity index (χ0) is 15.5. The lowest BCUT2D eigenvalue weighted by atomic mass is 9.93. The molecule has 0 spiro atoms. The first-order valence-corrected chi connectivity index (χ1v) is 8.93. The van der Waals surface area contributed by atoms with Crippen molar-refractivity contribution in [1.82, 2.24) is 4.90 Å². The van der Waals surface area contributed by atoms with E-state index >= 15 is 0 Å². The summed E-state index contributed by atoms with van der Waals surface area (Å²) in [6.07, 6.45) is 3.92. The summed E-state index contributed by atoms with van der Waals surface area (Å²) < 4.78 is 1.39. The Morgan fingerprint density at radius 1 is 1.41 bits per heavy atom. The number of primary amides is 1. The largest absolute Gasteiger partial charge is 0.370 e. The fourth-order valence-electron chi connectivity index (χ4n) is 3.52. The number of carbonyl (C=O) groups is 1. The Labute approximate surface area is 136 Å². The van der Waals surface area contributed by atoms with E-state index in [2.05, 4.69) is 36.1 Å². The average Bonchev–Trinajstić information content (AvgIpc) is 2.82. The van der Waals surface area contributed by atoms with Crippen LogP contribution in [0.3, 0.4) is 0 Å². The smallest absolute Gasteiger partial charge is 0.217 e. The van der Waals surface area contributed by atoms with Crippen molar-refractivity contribution in [2.75, 3.05) is 13.1 Å². The Bertz CT molecular complexity index is 664. The van der Waals surface area contributed by atoms with Gasteiger partial charge in [0.2, 0.25) is 5.91 Å². The minimum Gasteiger partial charge on any atom is -0.370 e. The molecule has 0 bridgehead atoms. The van der Waals surface area contributed by atoms with Gasteiger partial charge in [-0.1, -0.05) is 18.2 Å². The molecule has 1 atom stereocenters. The summed E-state index contributed by atoms with van der Waals surface area (Å²) in [6.45, 7) is 5.52. The van der Waals surface area contributed by atoms with E-state index in [9.17, 15) is 4.79 Å². The van der Waals surface area contributed by atoms with Crippen LogP contribution in [0.2, 0.25) is 0 Å². The number of rotatable bonds is 5. The van der Waals surface area contributed by atoms with Gasteiger partial charge in [0.15, 0.2) is 0 Å². The zero-order valence-corrected chi connectivity index (χ0v) is 14.0. The fourth-order valence-corrected chi connectivity index (χ4v) is 4.59. The van der Waals surface area contributed by atoms with Crippen LogP contribution in [0.25, 0.3) is 10.1 Å². The number of piperidine rings is 1. The van der Waals surface area contributed by atoms with Crippen LogP contribution in [-0.4, -0.2) is 23.9 Å². The molecule has 1 aliphatic rings. The third-order valence-electron chi connectivity index (χ3n) is 4.68. The molecule has 1 saturated heterocycles. The van der Waals surface area contributed by atoms with Gasteiger partial charge in [0.25, 0.3) is 0 Å². The number of amides is 1. The maximum absolute atomic E-state index is 11.0. The van der Waals surface area contributed by atoms with Crippen molar-refractivity contribution in [2.24, 2.45) is 11.7 Å². The molecule has 3 rings (SSSR count). The highest BCUT2D eigenvalue weighted by molar-refractivity contribution is 7.19. The van der Waals surface area contributed by atoms with Crippen molar-refractivity contribution in [3.63, 3.8) is 0 Å². The maximum Gasteiger partial charge on any atom is 0.217 e. The summed E-state index contributed by atoms with van der Waals surface area (Å²) >= 11 is 1.89. The molecule has 0 radical (unpaired) electrons. The van der Waals surface area contributed by atoms with Crippen LogP contribution in [0, 0.1) is 12.8 Å². The average molecular weight is 316 g/mol. The summed E-state index contributed by atoms with van der Waals surface area (Å²) in [5.41, 5.74) is 6.77. The van der Waals surface area contributed by atoms with Gasteiger partial charge in [-0.15, -0.1) is 11.3 Å². The zero-order valence-electron chi connectivity index (χ0n) is 13.2. The third-order valence-corrected chi connectivity index (χ3v) is 5.81. The number of carbonyl (C=O) groups excluding carboxylic acids is 1. The predicted molar refractivity (Wildman–Crippen MR) is 93.0 cm³/mol. The minimum absolute atomic E-state index is 0.170. The maximum atomic E-state index is 11.0. The molecule has 0 unspecified atom stereocenters. The number of thiophene rings is 1. The van der Waals surface area contributed by atoms with E-state index in [1.807, 2.05) is 11.3 Å². The number of nitrogens with two attached hydrogens (primary N) is 1. The molecule has 3 nitrogen and oxygen atoms in total. The first-order chi connectivity index (χ1) is 10.6. The lowest BCUT2D eigenvalue weighted by molar-refractivity contribution is -0.118. The van der Waals surface area contributed by atoms with Gasteiger partial charge < -0.3 is 5.73 Å². The van der Waals surface area contributed by atoms with E-state index in [-0.39, 0.29) is 5.91 Å². The topological polar surface area (TPSA) is 46.3 Å². The molecule has 4 heteroatoms. The van der Waals surface area contributed by atoms with E-state index in [4.69, 9.17) is 5.73 Å². The second-order valence-electron chi connectivity index (χ2n) is 6.38. The Morgan fingerprint density at radius 2 is 2.23 bits per heavy atom. The molecule has 2 aromatic rings. The van der Waals surface area contributed by atoms with Crippen molar-refractivity contribution < 1.29 is 4.79 Å². The van der Waals surface area contributed by atoms with Crippen molar-refractivity contribution in [3.05, 3.63) is 34.7 Å². The summed E-state index contributed by atoms with van der Waals surface area (Å²) in [5, 5.41) is 1.41. The van der Waals surface area contributed by atoms with Gasteiger partial charge in [0.05, 0.1) is 0 Å². The standard InChI is InChI=1S/C18H24N2OS/c1-13-16(15-6-2-3-7-17(15)22-13)12-20-10-4-5-14(11-20)8-9-18(19)21/h2-3,6-7,14H,4-5,8-12H2,1H3,(H2,19,21)/t14-/m0/s1. The van der Waals surface area contributed by atoms with E-state index < -0.39 is 0 Å². The number of hydrogen-bond acceptors (Lipinski definition) is 3. The highest BCUT2D eigenvalue weighted by Crippen LogP contribution is 2.32. The predicted octanol–water partition coefficient (Wildman–Crippen LogP) is 3.69. The lowest BCUT2D eigenvalue weighted by Crippen LogP contribution is -2.35. The molecule has 22 heavy (non-hydrogen) atoms. The van der Waals surface area contributed by atoms with Gasteiger partial charge in [-0.2, -0.15) is 0 Å². The van der Waals surface area contributed by atoms with Gasteiger partial charge in [-0.05, 0) is 55.7 Å². The fraction of sp³-hybridized carbons (Fsp3) is 0.500. The molecule has 0 aliphatic carbocycles. The van der Waals surface area contributed by atoms with Crippen LogP contribution in [0.4, 0.5) is 0 Å². The summed E-state index contributed by atoms with van der Waals surface area (Å²) in [5.74, 6) is 0.447. The van der Waals surface area contributed by atoms with Gasteiger partial charge in [0.1, 0.15) is 0 Å². The van der Waals surface area contributed by atoms with Crippen LogP contribution in [0.1, 0.15) is 36.1 Å². The van der Waals surface area contributed by atoms with E-state index in [0.717, 1.165) is 26.1 Å². The molecule has 2 heterocycles. The number of benzene rings is 1. The van der Waals surface area contributed by atoms with E-state index in [0.29, 0.717) is 12.3 Å². The summed E-state index contributed by atoms with van der Waals surface area (Å²) in [6, 6.07) is 8.69. The van der Waals surface area contributed by atoms with E-state index in [1.54, 1.807) is 0 Å². The number of likely N-dealkylation sites (tertiary alicyclic amines) is 1. The number of aryl methyl sites for hydroxylation is 1. The van der Waals surface area contributed by atoms with Crippen LogP contribution in [0.15, 0.2) is 24.3 Å². The van der Waals surface area contributed by atoms with E-state index in [1.165, 1.54) is 33.4 Å². The Kier molecular flexibility index (Phi) is 4.79.